The van der Waals surface area contributed by atoms with E-state index in [0.29, 0.717) is 11.5 Å². The topological polar surface area (TPSA) is 45.0 Å². The third-order valence-corrected chi connectivity index (χ3v) is 2.92. The standard InChI is InChI=1S/C13H16N2O/c14-9-11-1-3-13(4-2-11)15-7-5-12-6-8-16-10-12/h1-4,12,15H,5-8,10H2. The third kappa shape index (κ3) is 2.98. The van der Waals surface area contributed by atoms with Gasteiger partial charge in [0.2, 0.25) is 0 Å². The lowest BCUT2D eigenvalue weighted by atomic mass is 10.1. The molecule has 1 aliphatic rings. The molecule has 1 unspecified atom stereocenters. The van der Waals surface area contributed by atoms with Gasteiger partial charge in [-0.15, -0.1) is 0 Å². The number of benzene rings is 1. The van der Waals surface area contributed by atoms with Crippen molar-refractivity contribution < 1.29 is 4.74 Å². The number of hydrogen-bond acceptors (Lipinski definition) is 3. The van der Waals surface area contributed by atoms with Crippen molar-refractivity contribution in [1.29, 1.82) is 5.26 Å². The summed E-state index contributed by atoms with van der Waals surface area (Å²) < 4.78 is 5.33. The van der Waals surface area contributed by atoms with Gasteiger partial charge in [0.15, 0.2) is 0 Å². The van der Waals surface area contributed by atoms with E-state index in [1.807, 2.05) is 24.3 Å². The van der Waals surface area contributed by atoms with Crippen LogP contribution in [-0.2, 0) is 4.74 Å². The van der Waals surface area contributed by atoms with Crippen LogP contribution in [0.2, 0.25) is 0 Å². The SMILES string of the molecule is N#Cc1ccc(NCCC2CCOC2)cc1. The van der Waals surface area contributed by atoms with Crippen LogP contribution in [0, 0.1) is 17.2 Å². The summed E-state index contributed by atoms with van der Waals surface area (Å²) in [7, 11) is 0. The second-order valence-corrected chi connectivity index (χ2v) is 4.13. The quantitative estimate of drug-likeness (QED) is 0.840. The molecule has 0 spiro atoms. The molecule has 1 fully saturated rings. The molecule has 0 saturated carbocycles. The Labute approximate surface area is 96.0 Å². The molecule has 16 heavy (non-hydrogen) atoms. The maximum atomic E-state index is 8.66. The average molecular weight is 216 g/mol. The van der Waals surface area contributed by atoms with Crippen LogP contribution in [0.15, 0.2) is 24.3 Å². The van der Waals surface area contributed by atoms with Gasteiger partial charge in [0.1, 0.15) is 0 Å². The highest BCUT2D eigenvalue weighted by Gasteiger charge is 2.14. The summed E-state index contributed by atoms with van der Waals surface area (Å²) in [6.07, 6.45) is 2.34. The van der Waals surface area contributed by atoms with Gasteiger partial charge in [0, 0.05) is 25.4 Å². The zero-order chi connectivity index (χ0) is 11.2. The zero-order valence-corrected chi connectivity index (χ0v) is 9.28. The molecule has 0 aromatic heterocycles. The van der Waals surface area contributed by atoms with Gasteiger partial charge in [-0.25, -0.2) is 0 Å². The minimum Gasteiger partial charge on any atom is -0.385 e. The van der Waals surface area contributed by atoms with Gasteiger partial charge in [-0.3, -0.25) is 0 Å². The Kier molecular flexibility index (Phi) is 3.79. The molecule has 0 bridgehead atoms. The van der Waals surface area contributed by atoms with Crippen LogP contribution < -0.4 is 5.32 Å². The first-order chi connectivity index (χ1) is 7.88. The number of nitriles is 1. The Bertz CT molecular complexity index is 361. The van der Waals surface area contributed by atoms with Crippen molar-refractivity contribution in [3.05, 3.63) is 29.8 Å². The molecule has 1 atom stereocenters. The van der Waals surface area contributed by atoms with Crippen molar-refractivity contribution in [3.63, 3.8) is 0 Å². The van der Waals surface area contributed by atoms with E-state index in [-0.39, 0.29) is 0 Å². The molecular formula is C13H16N2O. The molecular weight excluding hydrogens is 200 g/mol. The smallest absolute Gasteiger partial charge is 0.0991 e. The second kappa shape index (κ2) is 5.53. The Morgan fingerprint density at radius 3 is 2.81 bits per heavy atom. The van der Waals surface area contributed by atoms with Gasteiger partial charge in [-0.05, 0) is 43.0 Å². The molecule has 0 aliphatic carbocycles. The number of hydrogen-bond donors (Lipinski definition) is 1. The van der Waals surface area contributed by atoms with Crippen LogP contribution in [0.1, 0.15) is 18.4 Å². The highest BCUT2D eigenvalue weighted by molar-refractivity contribution is 5.46. The van der Waals surface area contributed by atoms with Crippen molar-refractivity contribution in [2.45, 2.75) is 12.8 Å². The molecule has 1 saturated heterocycles. The lowest BCUT2D eigenvalue weighted by Gasteiger charge is -2.09. The molecule has 0 amide bonds. The van der Waals surface area contributed by atoms with Crippen LogP contribution in [0.25, 0.3) is 0 Å². The van der Waals surface area contributed by atoms with Crippen molar-refractivity contribution in [3.8, 4) is 6.07 Å². The summed E-state index contributed by atoms with van der Waals surface area (Å²) in [5.41, 5.74) is 1.78. The summed E-state index contributed by atoms with van der Waals surface area (Å²) in [5, 5.41) is 12.0. The van der Waals surface area contributed by atoms with Gasteiger partial charge < -0.3 is 10.1 Å². The fraction of sp³-hybridized carbons (Fsp3) is 0.462. The highest BCUT2D eigenvalue weighted by atomic mass is 16.5. The lowest BCUT2D eigenvalue weighted by Crippen LogP contribution is -2.08. The molecule has 2 rings (SSSR count). The van der Waals surface area contributed by atoms with E-state index in [1.54, 1.807) is 0 Å². The fourth-order valence-corrected chi connectivity index (χ4v) is 1.89. The summed E-state index contributed by atoms with van der Waals surface area (Å²) in [4.78, 5) is 0. The predicted octanol–water partition coefficient (Wildman–Crippen LogP) is 2.40. The Hall–Kier alpha value is -1.53. The Morgan fingerprint density at radius 2 is 2.19 bits per heavy atom. The molecule has 1 N–H and O–H groups in total. The number of nitrogens with one attached hydrogen (secondary N) is 1. The van der Waals surface area contributed by atoms with E-state index < -0.39 is 0 Å². The fourth-order valence-electron chi connectivity index (χ4n) is 1.89. The monoisotopic (exact) mass is 216 g/mol. The molecule has 1 heterocycles. The predicted molar refractivity (Wildman–Crippen MR) is 63.2 cm³/mol. The minimum absolute atomic E-state index is 0.703. The number of nitrogens with zero attached hydrogens (tertiary/aromatic N) is 1. The van der Waals surface area contributed by atoms with Gasteiger partial charge in [-0.2, -0.15) is 5.26 Å². The zero-order valence-electron chi connectivity index (χ0n) is 9.28. The van der Waals surface area contributed by atoms with E-state index in [1.165, 1.54) is 6.42 Å². The summed E-state index contributed by atoms with van der Waals surface area (Å²) >= 11 is 0. The Balaban J connectivity index is 1.74. The first-order valence-electron chi connectivity index (χ1n) is 5.70. The molecule has 1 aromatic carbocycles. The molecule has 3 heteroatoms. The number of ether oxygens (including phenoxy) is 1. The van der Waals surface area contributed by atoms with Gasteiger partial charge in [0.25, 0.3) is 0 Å². The van der Waals surface area contributed by atoms with E-state index in [9.17, 15) is 0 Å². The molecule has 84 valence electrons. The second-order valence-electron chi connectivity index (χ2n) is 4.13. The minimum atomic E-state index is 0.703. The lowest BCUT2D eigenvalue weighted by molar-refractivity contribution is 0.185. The van der Waals surface area contributed by atoms with E-state index in [0.717, 1.165) is 31.9 Å². The number of rotatable bonds is 4. The molecule has 0 radical (unpaired) electrons. The van der Waals surface area contributed by atoms with E-state index >= 15 is 0 Å². The first-order valence-corrected chi connectivity index (χ1v) is 5.70. The summed E-state index contributed by atoms with van der Waals surface area (Å²) in [6.45, 7) is 2.80. The van der Waals surface area contributed by atoms with Crippen LogP contribution in [0.5, 0.6) is 0 Å². The summed E-state index contributed by atoms with van der Waals surface area (Å²) in [6, 6.07) is 9.68. The molecule has 1 aliphatic heterocycles. The van der Waals surface area contributed by atoms with Crippen molar-refractivity contribution in [1.82, 2.24) is 0 Å². The van der Waals surface area contributed by atoms with Crippen LogP contribution in [0.4, 0.5) is 5.69 Å². The van der Waals surface area contributed by atoms with E-state index in [2.05, 4.69) is 11.4 Å². The molecule has 1 aromatic rings. The summed E-state index contributed by atoms with van der Waals surface area (Å²) in [5.74, 6) is 0.714. The van der Waals surface area contributed by atoms with Crippen molar-refractivity contribution in [2.24, 2.45) is 5.92 Å². The van der Waals surface area contributed by atoms with Crippen molar-refractivity contribution >= 4 is 5.69 Å². The normalized spacial score (nSPS) is 19.3. The number of anilines is 1. The third-order valence-electron chi connectivity index (χ3n) is 2.92. The van der Waals surface area contributed by atoms with Gasteiger partial charge in [0.05, 0.1) is 11.6 Å². The van der Waals surface area contributed by atoms with Gasteiger partial charge in [-0.1, -0.05) is 0 Å². The molecule has 3 nitrogen and oxygen atoms in total. The van der Waals surface area contributed by atoms with Gasteiger partial charge >= 0.3 is 0 Å². The van der Waals surface area contributed by atoms with Crippen LogP contribution in [0.3, 0.4) is 0 Å². The van der Waals surface area contributed by atoms with Crippen molar-refractivity contribution in [2.75, 3.05) is 25.1 Å². The average Bonchev–Trinajstić information content (AvgIpc) is 2.83. The maximum absolute atomic E-state index is 8.66. The largest absolute Gasteiger partial charge is 0.385 e. The Morgan fingerprint density at radius 1 is 1.38 bits per heavy atom. The highest BCUT2D eigenvalue weighted by Crippen LogP contribution is 2.16. The first kappa shape index (κ1) is 11.0. The van der Waals surface area contributed by atoms with E-state index in [4.69, 9.17) is 10.00 Å². The maximum Gasteiger partial charge on any atom is 0.0991 e. The van der Waals surface area contributed by atoms with Crippen LogP contribution >= 0.6 is 0 Å². The van der Waals surface area contributed by atoms with Crippen LogP contribution in [-0.4, -0.2) is 19.8 Å².